The van der Waals surface area contributed by atoms with Crippen LogP contribution in [-0.4, -0.2) is 16.3 Å². The van der Waals surface area contributed by atoms with E-state index in [0.717, 1.165) is 21.9 Å². The van der Waals surface area contributed by atoms with E-state index in [1.807, 2.05) is 54.6 Å². The predicted octanol–water partition coefficient (Wildman–Crippen LogP) is 3.57. The standard InChI is InChI=1S/C19H19NO2.ClH/c20-19(18(22)12-13-6-2-1-3-7-13)16-10-11-17(21)15-9-5-4-8-14(15)16;/h1-11,18-19,21-22H,12,20H2;1H/t18-,19+;/m1./s1. The summed E-state index contributed by atoms with van der Waals surface area (Å²) in [6, 6.07) is 20.3. The number of fused-ring (bicyclic) bond motifs is 1. The molecule has 0 fully saturated rings. The van der Waals surface area contributed by atoms with Crippen LogP contribution < -0.4 is 5.73 Å². The number of aliphatic hydroxyl groups is 1. The summed E-state index contributed by atoms with van der Waals surface area (Å²) in [5, 5.41) is 22.0. The first kappa shape index (κ1) is 17.3. The Bertz CT molecular complexity index is 777. The molecule has 0 aliphatic rings. The maximum atomic E-state index is 10.5. The van der Waals surface area contributed by atoms with Crippen molar-refractivity contribution in [3.05, 3.63) is 77.9 Å². The molecule has 0 saturated heterocycles. The number of phenols is 1. The zero-order chi connectivity index (χ0) is 15.5. The van der Waals surface area contributed by atoms with Gasteiger partial charge in [0.1, 0.15) is 5.75 Å². The molecule has 0 aromatic heterocycles. The molecule has 4 heteroatoms. The number of aromatic hydroxyl groups is 1. The summed E-state index contributed by atoms with van der Waals surface area (Å²) in [5.74, 6) is 0.226. The van der Waals surface area contributed by atoms with E-state index in [4.69, 9.17) is 5.73 Å². The first-order valence-corrected chi connectivity index (χ1v) is 7.35. The van der Waals surface area contributed by atoms with Crippen LogP contribution in [0.1, 0.15) is 17.2 Å². The molecule has 0 radical (unpaired) electrons. The lowest BCUT2D eigenvalue weighted by atomic mass is 9.92. The van der Waals surface area contributed by atoms with Crippen LogP contribution >= 0.6 is 12.4 Å². The van der Waals surface area contributed by atoms with E-state index >= 15 is 0 Å². The van der Waals surface area contributed by atoms with Gasteiger partial charge in [0.25, 0.3) is 0 Å². The van der Waals surface area contributed by atoms with Gasteiger partial charge in [-0.3, -0.25) is 0 Å². The van der Waals surface area contributed by atoms with Gasteiger partial charge in [0.15, 0.2) is 0 Å². The monoisotopic (exact) mass is 329 g/mol. The third-order valence-corrected chi connectivity index (χ3v) is 4.00. The second-order valence-corrected chi connectivity index (χ2v) is 5.50. The van der Waals surface area contributed by atoms with Crippen LogP contribution in [0.4, 0.5) is 0 Å². The molecule has 23 heavy (non-hydrogen) atoms. The van der Waals surface area contributed by atoms with Gasteiger partial charge in [0, 0.05) is 11.8 Å². The Labute approximate surface area is 141 Å². The smallest absolute Gasteiger partial charge is 0.123 e. The number of nitrogens with two attached hydrogens (primary N) is 1. The summed E-state index contributed by atoms with van der Waals surface area (Å²) in [4.78, 5) is 0. The third-order valence-electron chi connectivity index (χ3n) is 4.00. The van der Waals surface area contributed by atoms with Crippen molar-refractivity contribution in [2.45, 2.75) is 18.6 Å². The van der Waals surface area contributed by atoms with E-state index in [2.05, 4.69) is 0 Å². The first-order valence-electron chi connectivity index (χ1n) is 7.35. The molecule has 3 nitrogen and oxygen atoms in total. The van der Waals surface area contributed by atoms with Crippen LogP contribution in [-0.2, 0) is 6.42 Å². The van der Waals surface area contributed by atoms with Crippen molar-refractivity contribution >= 4 is 23.2 Å². The Morgan fingerprint density at radius 1 is 0.826 bits per heavy atom. The highest BCUT2D eigenvalue weighted by Gasteiger charge is 2.20. The minimum absolute atomic E-state index is 0. The van der Waals surface area contributed by atoms with Gasteiger partial charge >= 0.3 is 0 Å². The highest BCUT2D eigenvalue weighted by atomic mass is 35.5. The van der Waals surface area contributed by atoms with E-state index < -0.39 is 12.1 Å². The molecule has 3 aromatic carbocycles. The maximum Gasteiger partial charge on any atom is 0.123 e. The molecular weight excluding hydrogens is 310 g/mol. The lowest BCUT2D eigenvalue weighted by Crippen LogP contribution is -2.28. The molecule has 0 aliphatic carbocycles. The topological polar surface area (TPSA) is 66.5 Å². The quantitative estimate of drug-likeness (QED) is 0.685. The Morgan fingerprint density at radius 3 is 2.13 bits per heavy atom. The lowest BCUT2D eigenvalue weighted by Gasteiger charge is -2.21. The van der Waals surface area contributed by atoms with E-state index in [9.17, 15) is 10.2 Å². The lowest BCUT2D eigenvalue weighted by molar-refractivity contribution is 0.145. The Morgan fingerprint density at radius 2 is 1.43 bits per heavy atom. The van der Waals surface area contributed by atoms with Crippen molar-refractivity contribution < 1.29 is 10.2 Å². The van der Waals surface area contributed by atoms with Gasteiger partial charge in [0.05, 0.1) is 12.1 Å². The van der Waals surface area contributed by atoms with Gasteiger partial charge in [-0.2, -0.15) is 0 Å². The van der Waals surface area contributed by atoms with Crippen molar-refractivity contribution in [2.24, 2.45) is 5.73 Å². The number of hydrogen-bond acceptors (Lipinski definition) is 3. The number of halogens is 1. The van der Waals surface area contributed by atoms with Gasteiger partial charge in [-0.1, -0.05) is 60.7 Å². The molecule has 0 amide bonds. The molecule has 0 unspecified atom stereocenters. The molecular formula is C19H20ClNO2. The van der Waals surface area contributed by atoms with Crippen molar-refractivity contribution in [1.29, 1.82) is 0 Å². The second-order valence-electron chi connectivity index (χ2n) is 5.50. The summed E-state index contributed by atoms with van der Waals surface area (Å²) >= 11 is 0. The molecule has 0 saturated carbocycles. The van der Waals surface area contributed by atoms with Crippen LogP contribution in [0.15, 0.2) is 66.7 Å². The normalized spacial score (nSPS) is 13.3. The highest BCUT2D eigenvalue weighted by molar-refractivity contribution is 5.91. The van der Waals surface area contributed by atoms with Gasteiger partial charge in [-0.25, -0.2) is 0 Å². The van der Waals surface area contributed by atoms with Crippen molar-refractivity contribution in [3.8, 4) is 5.75 Å². The predicted molar refractivity (Wildman–Crippen MR) is 95.9 cm³/mol. The largest absolute Gasteiger partial charge is 0.507 e. The average Bonchev–Trinajstić information content (AvgIpc) is 2.56. The van der Waals surface area contributed by atoms with E-state index in [-0.39, 0.29) is 18.2 Å². The first-order chi connectivity index (χ1) is 10.7. The van der Waals surface area contributed by atoms with Crippen LogP contribution in [0.3, 0.4) is 0 Å². The number of aliphatic hydroxyl groups excluding tert-OH is 1. The van der Waals surface area contributed by atoms with E-state index in [1.165, 1.54) is 0 Å². The molecule has 2 atom stereocenters. The molecule has 3 rings (SSSR count). The average molecular weight is 330 g/mol. The molecule has 0 heterocycles. The van der Waals surface area contributed by atoms with Crippen LogP contribution in [0.2, 0.25) is 0 Å². The molecule has 0 bridgehead atoms. The number of benzene rings is 3. The van der Waals surface area contributed by atoms with Crippen molar-refractivity contribution in [2.75, 3.05) is 0 Å². The van der Waals surface area contributed by atoms with Crippen molar-refractivity contribution in [1.82, 2.24) is 0 Å². The van der Waals surface area contributed by atoms with Crippen LogP contribution in [0, 0.1) is 0 Å². The fourth-order valence-electron chi connectivity index (χ4n) is 2.79. The Balaban J connectivity index is 0.00000192. The summed E-state index contributed by atoms with van der Waals surface area (Å²) in [5.41, 5.74) is 8.16. The maximum absolute atomic E-state index is 10.5. The van der Waals surface area contributed by atoms with Gasteiger partial charge in [-0.15, -0.1) is 12.4 Å². The Hall–Kier alpha value is -2.07. The second kappa shape index (κ2) is 7.47. The van der Waals surface area contributed by atoms with Crippen LogP contribution in [0.5, 0.6) is 5.75 Å². The summed E-state index contributed by atoms with van der Waals surface area (Å²) in [6.07, 6.45) is -0.188. The van der Waals surface area contributed by atoms with Crippen LogP contribution in [0.25, 0.3) is 10.8 Å². The number of hydrogen-bond donors (Lipinski definition) is 3. The third kappa shape index (κ3) is 3.64. The SMILES string of the molecule is Cl.N[C@@H](c1ccc(O)c2ccccc12)[C@H](O)Cc1ccccc1. The number of rotatable bonds is 4. The fourth-order valence-corrected chi connectivity index (χ4v) is 2.79. The molecule has 4 N–H and O–H groups in total. The minimum Gasteiger partial charge on any atom is -0.507 e. The van der Waals surface area contributed by atoms with E-state index in [0.29, 0.717) is 6.42 Å². The molecule has 3 aromatic rings. The van der Waals surface area contributed by atoms with Gasteiger partial charge in [0.2, 0.25) is 0 Å². The fraction of sp³-hybridized carbons (Fsp3) is 0.158. The summed E-state index contributed by atoms with van der Waals surface area (Å²) in [6.45, 7) is 0. The number of phenolic OH excluding ortho intramolecular Hbond substituents is 1. The molecule has 0 aliphatic heterocycles. The molecule has 120 valence electrons. The van der Waals surface area contributed by atoms with Gasteiger partial charge < -0.3 is 15.9 Å². The summed E-state index contributed by atoms with van der Waals surface area (Å²) < 4.78 is 0. The van der Waals surface area contributed by atoms with Crippen molar-refractivity contribution in [3.63, 3.8) is 0 Å². The Kier molecular flexibility index (Phi) is 5.61. The minimum atomic E-state index is -0.685. The highest BCUT2D eigenvalue weighted by Crippen LogP contribution is 2.31. The zero-order valence-corrected chi connectivity index (χ0v) is 13.4. The zero-order valence-electron chi connectivity index (χ0n) is 12.6. The van der Waals surface area contributed by atoms with Gasteiger partial charge in [-0.05, 0) is 22.6 Å². The summed E-state index contributed by atoms with van der Waals surface area (Å²) in [7, 11) is 0. The van der Waals surface area contributed by atoms with E-state index in [1.54, 1.807) is 12.1 Å². The molecule has 0 spiro atoms.